The van der Waals surface area contributed by atoms with Gasteiger partial charge in [-0.25, -0.2) is 8.42 Å². The van der Waals surface area contributed by atoms with Gasteiger partial charge in [0.1, 0.15) is 0 Å². The van der Waals surface area contributed by atoms with E-state index in [2.05, 4.69) is 23.3 Å². The lowest BCUT2D eigenvalue weighted by Gasteiger charge is -2.38. The number of likely N-dealkylation sites (tertiary alicyclic amines) is 1. The van der Waals surface area contributed by atoms with Crippen LogP contribution in [-0.4, -0.2) is 42.0 Å². The summed E-state index contributed by atoms with van der Waals surface area (Å²) in [7, 11) is -3.81. The Labute approximate surface area is 193 Å². The average molecular weight is 471 g/mol. The zero-order valence-corrected chi connectivity index (χ0v) is 19.5. The zero-order valence-electron chi connectivity index (χ0n) is 17.9. The predicted molar refractivity (Wildman–Crippen MR) is 127 cm³/mol. The minimum atomic E-state index is -3.81. The van der Waals surface area contributed by atoms with E-state index in [1.165, 1.54) is 23.1 Å². The summed E-state index contributed by atoms with van der Waals surface area (Å²) >= 11 is 5.96. The molecule has 5 rings (SSSR count). The molecule has 2 heterocycles. The van der Waals surface area contributed by atoms with Gasteiger partial charge < -0.3 is 9.88 Å². The highest BCUT2D eigenvalue weighted by Crippen LogP contribution is 2.43. The monoisotopic (exact) mass is 470 g/mol. The van der Waals surface area contributed by atoms with Crippen molar-refractivity contribution in [3.8, 4) is 0 Å². The standard InChI is InChI=1S/C25H27ClN2O3S/c26-19-7-9-20(10-8-19)32(30,31)25(13-3-4-14-25)24(29)28-15-11-18(12-16-28)22-17-27-23-6-2-1-5-21(22)23/h1-2,5-10,17-18,27H,3-4,11-16H2. The van der Waals surface area contributed by atoms with Crippen molar-refractivity contribution in [2.45, 2.75) is 54.1 Å². The largest absolute Gasteiger partial charge is 0.361 e. The molecule has 2 fully saturated rings. The third-order valence-electron chi connectivity index (χ3n) is 7.28. The van der Waals surface area contributed by atoms with Crippen molar-refractivity contribution >= 4 is 38.2 Å². The van der Waals surface area contributed by atoms with Gasteiger partial charge in [0.2, 0.25) is 5.91 Å². The van der Waals surface area contributed by atoms with Crippen molar-refractivity contribution in [2.75, 3.05) is 13.1 Å². The van der Waals surface area contributed by atoms with E-state index < -0.39 is 14.6 Å². The van der Waals surface area contributed by atoms with Crippen LogP contribution in [0, 0.1) is 0 Å². The van der Waals surface area contributed by atoms with Crippen molar-refractivity contribution < 1.29 is 13.2 Å². The number of hydrogen-bond acceptors (Lipinski definition) is 3. The van der Waals surface area contributed by atoms with Crippen LogP contribution in [0.15, 0.2) is 59.6 Å². The number of amides is 1. The van der Waals surface area contributed by atoms with Crippen LogP contribution < -0.4 is 0 Å². The van der Waals surface area contributed by atoms with Crippen LogP contribution in [0.5, 0.6) is 0 Å². The maximum absolute atomic E-state index is 13.7. The second-order valence-corrected chi connectivity index (χ2v) is 11.7. The Kier molecular flexibility index (Phi) is 5.54. The van der Waals surface area contributed by atoms with Crippen molar-refractivity contribution in [3.63, 3.8) is 0 Å². The van der Waals surface area contributed by atoms with Gasteiger partial charge in [-0.1, -0.05) is 42.6 Å². The summed E-state index contributed by atoms with van der Waals surface area (Å²) in [6.07, 6.45) is 6.04. The number of sulfone groups is 1. The molecule has 7 heteroatoms. The van der Waals surface area contributed by atoms with Gasteiger partial charge in [0.25, 0.3) is 0 Å². The van der Waals surface area contributed by atoms with E-state index in [9.17, 15) is 13.2 Å². The second kappa shape index (κ2) is 8.23. The molecule has 0 bridgehead atoms. The number of carbonyl (C=O) groups is 1. The van der Waals surface area contributed by atoms with Crippen LogP contribution >= 0.6 is 11.6 Å². The fraction of sp³-hybridized carbons (Fsp3) is 0.400. The molecular formula is C25H27ClN2O3S. The number of aromatic amines is 1. The van der Waals surface area contributed by atoms with Crippen molar-refractivity contribution in [1.29, 1.82) is 0 Å². The van der Waals surface area contributed by atoms with Gasteiger partial charge >= 0.3 is 0 Å². The topological polar surface area (TPSA) is 70.2 Å². The van der Waals surface area contributed by atoms with Crippen LogP contribution in [0.3, 0.4) is 0 Å². The molecule has 0 unspecified atom stereocenters. The second-order valence-electron chi connectivity index (χ2n) is 9.01. The number of fused-ring (bicyclic) bond motifs is 1. The minimum absolute atomic E-state index is 0.186. The normalized spacial score (nSPS) is 19.5. The van der Waals surface area contributed by atoms with E-state index in [4.69, 9.17) is 11.6 Å². The SMILES string of the molecule is O=C(N1CCC(c2c[nH]c3ccccc23)CC1)C1(S(=O)(=O)c2ccc(Cl)cc2)CCCC1. The molecule has 2 aromatic carbocycles. The molecule has 3 aromatic rings. The molecule has 0 atom stereocenters. The number of hydrogen-bond donors (Lipinski definition) is 1. The molecule has 1 aliphatic carbocycles. The number of para-hydroxylation sites is 1. The summed E-state index contributed by atoms with van der Waals surface area (Å²) < 4.78 is 26.0. The number of rotatable bonds is 4. The number of piperidine rings is 1. The number of benzene rings is 2. The molecular weight excluding hydrogens is 444 g/mol. The molecule has 1 aliphatic heterocycles. The lowest BCUT2D eigenvalue weighted by molar-refractivity contribution is -0.135. The highest BCUT2D eigenvalue weighted by Gasteiger charge is 2.54. The molecule has 0 spiro atoms. The van der Waals surface area contributed by atoms with Crippen molar-refractivity contribution in [1.82, 2.24) is 9.88 Å². The van der Waals surface area contributed by atoms with Crippen molar-refractivity contribution in [3.05, 3.63) is 65.3 Å². The third kappa shape index (κ3) is 3.44. The number of carbonyl (C=O) groups excluding carboxylic acids is 1. The molecule has 1 N–H and O–H groups in total. The molecule has 0 radical (unpaired) electrons. The van der Waals surface area contributed by atoms with Gasteiger partial charge in [0.15, 0.2) is 14.6 Å². The fourth-order valence-electron chi connectivity index (χ4n) is 5.50. The highest BCUT2D eigenvalue weighted by molar-refractivity contribution is 7.93. The molecule has 1 aromatic heterocycles. The number of nitrogens with one attached hydrogen (secondary N) is 1. The number of H-pyrrole nitrogens is 1. The van der Waals surface area contributed by atoms with E-state index in [0.29, 0.717) is 36.9 Å². The van der Waals surface area contributed by atoms with Gasteiger partial charge in [-0.05, 0) is 67.5 Å². The van der Waals surface area contributed by atoms with E-state index in [0.717, 1.165) is 31.2 Å². The number of halogens is 1. The van der Waals surface area contributed by atoms with Gasteiger partial charge in [0, 0.05) is 35.2 Å². The molecule has 5 nitrogen and oxygen atoms in total. The summed E-state index contributed by atoms with van der Waals surface area (Å²) in [5.74, 6) is 0.143. The number of aromatic nitrogens is 1. The molecule has 1 saturated carbocycles. The maximum Gasteiger partial charge on any atom is 0.244 e. The summed E-state index contributed by atoms with van der Waals surface area (Å²) in [6, 6.07) is 14.5. The van der Waals surface area contributed by atoms with Crippen molar-refractivity contribution in [2.24, 2.45) is 0 Å². The van der Waals surface area contributed by atoms with Crippen LogP contribution in [0.1, 0.15) is 50.0 Å². The van der Waals surface area contributed by atoms with Crippen LogP contribution in [0.2, 0.25) is 5.02 Å². The average Bonchev–Trinajstić information content (AvgIpc) is 3.48. The van der Waals surface area contributed by atoms with Gasteiger partial charge in [-0.2, -0.15) is 0 Å². The Balaban J connectivity index is 1.37. The van der Waals surface area contributed by atoms with Crippen LogP contribution in [-0.2, 0) is 14.6 Å². The fourth-order valence-corrected chi connectivity index (χ4v) is 7.75. The van der Waals surface area contributed by atoms with E-state index in [1.54, 1.807) is 17.0 Å². The predicted octanol–water partition coefficient (Wildman–Crippen LogP) is 5.31. The maximum atomic E-state index is 13.7. The van der Waals surface area contributed by atoms with Crippen LogP contribution in [0.25, 0.3) is 10.9 Å². The molecule has 2 aliphatic rings. The summed E-state index contributed by atoms with van der Waals surface area (Å²) in [5, 5.41) is 1.71. The van der Waals surface area contributed by atoms with Crippen LogP contribution in [0.4, 0.5) is 0 Å². The van der Waals surface area contributed by atoms with E-state index >= 15 is 0 Å². The number of nitrogens with zero attached hydrogens (tertiary/aromatic N) is 1. The lowest BCUT2D eigenvalue weighted by atomic mass is 9.88. The Bertz CT molecular complexity index is 1240. The molecule has 32 heavy (non-hydrogen) atoms. The summed E-state index contributed by atoms with van der Waals surface area (Å²) in [6.45, 7) is 1.17. The molecule has 1 saturated heterocycles. The van der Waals surface area contributed by atoms with Gasteiger partial charge in [-0.3, -0.25) is 4.79 Å². The molecule has 1 amide bonds. The first-order chi connectivity index (χ1) is 15.4. The van der Waals surface area contributed by atoms with Gasteiger partial charge in [0.05, 0.1) is 4.90 Å². The Morgan fingerprint density at radius 1 is 1.00 bits per heavy atom. The quantitative estimate of drug-likeness (QED) is 0.561. The first-order valence-corrected chi connectivity index (χ1v) is 13.1. The molecule has 168 valence electrons. The van der Waals surface area contributed by atoms with E-state index in [1.807, 2.05) is 12.1 Å². The zero-order chi connectivity index (χ0) is 22.3. The third-order valence-corrected chi connectivity index (χ3v) is 10.0. The summed E-state index contributed by atoms with van der Waals surface area (Å²) in [4.78, 5) is 19.1. The minimum Gasteiger partial charge on any atom is -0.361 e. The lowest BCUT2D eigenvalue weighted by Crippen LogP contribution is -2.54. The Morgan fingerprint density at radius 2 is 1.66 bits per heavy atom. The first-order valence-electron chi connectivity index (χ1n) is 11.3. The summed E-state index contributed by atoms with van der Waals surface area (Å²) in [5.41, 5.74) is 2.41. The highest BCUT2D eigenvalue weighted by atomic mass is 35.5. The Morgan fingerprint density at radius 3 is 2.34 bits per heavy atom. The Hall–Kier alpha value is -2.31. The first kappa shape index (κ1) is 21.5. The van der Waals surface area contributed by atoms with Gasteiger partial charge in [-0.15, -0.1) is 0 Å². The smallest absolute Gasteiger partial charge is 0.244 e. The van der Waals surface area contributed by atoms with E-state index in [-0.39, 0.29) is 10.8 Å².